The molecule has 0 aromatic heterocycles. The molecule has 2 aromatic rings. The van der Waals surface area contributed by atoms with Crippen molar-refractivity contribution in [1.29, 1.82) is 0 Å². The predicted molar refractivity (Wildman–Crippen MR) is 88.3 cm³/mol. The minimum Gasteiger partial charge on any atom is -0.497 e. The Morgan fingerprint density at radius 1 is 1.27 bits per heavy atom. The molecule has 116 valence electrons. The van der Waals surface area contributed by atoms with Gasteiger partial charge in [-0.05, 0) is 36.6 Å². The minimum absolute atomic E-state index is 0.330. The molecule has 22 heavy (non-hydrogen) atoms. The second-order valence-corrected chi connectivity index (χ2v) is 4.98. The molecule has 0 unspecified atom stereocenters. The van der Waals surface area contributed by atoms with E-state index in [1.807, 2.05) is 43.3 Å². The Morgan fingerprint density at radius 3 is 2.68 bits per heavy atom. The SMILES string of the molecule is CCOC(=O)c1ccc2cc(OC)ccc2c1N=CN(C)C. The quantitative estimate of drug-likeness (QED) is 0.483. The lowest BCUT2D eigenvalue weighted by Crippen LogP contribution is -2.08. The Hall–Kier alpha value is -2.56. The van der Waals surface area contributed by atoms with E-state index >= 15 is 0 Å². The highest BCUT2D eigenvalue weighted by molar-refractivity contribution is 6.06. The summed E-state index contributed by atoms with van der Waals surface area (Å²) in [5, 5.41) is 1.84. The molecular weight excluding hydrogens is 280 g/mol. The largest absolute Gasteiger partial charge is 0.497 e. The molecule has 2 rings (SSSR count). The molecular formula is C17H20N2O3. The van der Waals surface area contributed by atoms with Crippen LogP contribution in [0.15, 0.2) is 35.3 Å². The Kier molecular flexibility index (Phi) is 4.99. The first-order valence-electron chi connectivity index (χ1n) is 7.05. The maximum atomic E-state index is 12.1. The van der Waals surface area contributed by atoms with Gasteiger partial charge in [0, 0.05) is 19.5 Å². The van der Waals surface area contributed by atoms with Crippen molar-refractivity contribution in [3.8, 4) is 5.75 Å². The predicted octanol–water partition coefficient (Wildman–Crippen LogP) is 3.25. The first-order valence-corrected chi connectivity index (χ1v) is 7.05. The van der Waals surface area contributed by atoms with Gasteiger partial charge >= 0.3 is 5.97 Å². The maximum Gasteiger partial charge on any atom is 0.340 e. The highest BCUT2D eigenvalue weighted by Gasteiger charge is 2.15. The van der Waals surface area contributed by atoms with Gasteiger partial charge in [0.25, 0.3) is 0 Å². The van der Waals surface area contributed by atoms with E-state index in [-0.39, 0.29) is 5.97 Å². The molecule has 0 aliphatic carbocycles. The van der Waals surface area contributed by atoms with Crippen LogP contribution in [-0.2, 0) is 4.74 Å². The lowest BCUT2D eigenvalue weighted by molar-refractivity contribution is 0.0527. The number of ether oxygens (including phenoxy) is 2. The van der Waals surface area contributed by atoms with E-state index in [9.17, 15) is 4.79 Å². The van der Waals surface area contributed by atoms with Gasteiger partial charge in [-0.1, -0.05) is 6.07 Å². The van der Waals surface area contributed by atoms with E-state index < -0.39 is 0 Å². The number of carbonyl (C=O) groups excluding carboxylic acids is 1. The fraction of sp³-hybridized carbons (Fsp3) is 0.294. The molecule has 0 fully saturated rings. The number of aliphatic imine (C=N–C) groups is 1. The molecule has 0 spiro atoms. The van der Waals surface area contributed by atoms with E-state index in [0.29, 0.717) is 17.9 Å². The van der Waals surface area contributed by atoms with Gasteiger partial charge in [-0.15, -0.1) is 0 Å². The van der Waals surface area contributed by atoms with E-state index in [1.165, 1.54) is 0 Å². The van der Waals surface area contributed by atoms with Crippen molar-refractivity contribution < 1.29 is 14.3 Å². The van der Waals surface area contributed by atoms with Gasteiger partial charge in [0.05, 0.1) is 31.3 Å². The van der Waals surface area contributed by atoms with Crippen LogP contribution in [0, 0.1) is 0 Å². The summed E-state index contributed by atoms with van der Waals surface area (Å²) >= 11 is 0. The summed E-state index contributed by atoms with van der Waals surface area (Å²) in [6, 6.07) is 9.28. The summed E-state index contributed by atoms with van der Waals surface area (Å²) < 4.78 is 10.4. The number of hydrogen-bond acceptors (Lipinski definition) is 4. The van der Waals surface area contributed by atoms with Crippen LogP contribution in [0.2, 0.25) is 0 Å². The third-order valence-corrected chi connectivity index (χ3v) is 3.11. The highest BCUT2D eigenvalue weighted by atomic mass is 16.5. The third-order valence-electron chi connectivity index (χ3n) is 3.11. The van der Waals surface area contributed by atoms with Crippen molar-refractivity contribution in [3.05, 3.63) is 35.9 Å². The molecule has 0 N–H and O–H groups in total. The van der Waals surface area contributed by atoms with E-state index in [0.717, 1.165) is 16.5 Å². The fourth-order valence-electron chi connectivity index (χ4n) is 2.10. The second kappa shape index (κ2) is 6.93. The summed E-state index contributed by atoms with van der Waals surface area (Å²) in [6.45, 7) is 2.11. The van der Waals surface area contributed by atoms with Crippen LogP contribution >= 0.6 is 0 Å². The van der Waals surface area contributed by atoms with Crippen molar-refractivity contribution >= 4 is 28.8 Å². The lowest BCUT2D eigenvalue weighted by atomic mass is 10.0. The average Bonchev–Trinajstić information content (AvgIpc) is 2.51. The summed E-state index contributed by atoms with van der Waals surface area (Å²) in [5.74, 6) is 0.394. The molecule has 0 aliphatic rings. The summed E-state index contributed by atoms with van der Waals surface area (Å²) in [5.41, 5.74) is 1.06. The molecule has 0 amide bonds. The number of carbonyl (C=O) groups is 1. The molecule has 0 saturated heterocycles. The van der Waals surface area contributed by atoms with Gasteiger partial charge in [0.15, 0.2) is 0 Å². The standard InChI is InChI=1S/C17H20N2O3/c1-5-22-17(20)15-8-6-12-10-13(21-4)7-9-14(12)16(15)18-11-19(2)3/h6-11H,5H2,1-4H3. The lowest BCUT2D eigenvalue weighted by Gasteiger charge is -2.11. The molecule has 0 radical (unpaired) electrons. The number of methoxy groups -OCH3 is 1. The molecule has 0 bridgehead atoms. The zero-order chi connectivity index (χ0) is 16.1. The van der Waals surface area contributed by atoms with Crippen LogP contribution in [0.3, 0.4) is 0 Å². The van der Waals surface area contributed by atoms with Crippen LogP contribution in [0.4, 0.5) is 5.69 Å². The Morgan fingerprint density at radius 2 is 2.05 bits per heavy atom. The number of fused-ring (bicyclic) bond motifs is 1. The van der Waals surface area contributed by atoms with Crippen LogP contribution in [0.5, 0.6) is 5.75 Å². The molecule has 0 saturated carbocycles. The molecule has 5 nitrogen and oxygen atoms in total. The van der Waals surface area contributed by atoms with Crippen LogP contribution < -0.4 is 4.74 Å². The van der Waals surface area contributed by atoms with Crippen LogP contribution in [0.1, 0.15) is 17.3 Å². The number of nitrogens with zero attached hydrogens (tertiary/aromatic N) is 2. The van der Waals surface area contributed by atoms with Crippen molar-refractivity contribution in [2.24, 2.45) is 4.99 Å². The zero-order valence-electron chi connectivity index (χ0n) is 13.3. The monoisotopic (exact) mass is 300 g/mol. The number of esters is 1. The van der Waals surface area contributed by atoms with Gasteiger partial charge < -0.3 is 14.4 Å². The number of benzene rings is 2. The highest BCUT2D eigenvalue weighted by Crippen LogP contribution is 2.32. The van der Waals surface area contributed by atoms with Crippen molar-refractivity contribution in [2.45, 2.75) is 6.92 Å². The first-order chi connectivity index (χ1) is 10.6. The Balaban J connectivity index is 2.64. The smallest absolute Gasteiger partial charge is 0.340 e. The maximum absolute atomic E-state index is 12.1. The molecule has 0 aliphatic heterocycles. The summed E-state index contributed by atoms with van der Waals surface area (Å²) in [6.07, 6.45) is 1.67. The van der Waals surface area contributed by atoms with Crippen molar-refractivity contribution in [3.63, 3.8) is 0 Å². The average molecular weight is 300 g/mol. The van der Waals surface area contributed by atoms with E-state index in [1.54, 1.807) is 26.4 Å². The van der Waals surface area contributed by atoms with Gasteiger partial charge in [-0.3, -0.25) is 0 Å². The van der Waals surface area contributed by atoms with Crippen molar-refractivity contribution in [2.75, 3.05) is 27.8 Å². The van der Waals surface area contributed by atoms with Crippen LogP contribution in [-0.4, -0.2) is 45.0 Å². The van der Waals surface area contributed by atoms with E-state index in [2.05, 4.69) is 4.99 Å². The van der Waals surface area contributed by atoms with Crippen molar-refractivity contribution in [1.82, 2.24) is 4.90 Å². The normalized spacial score (nSPS) is 10.9. The van der Waals surface area contributed by atoms with E-state index in [4.69, 9.17) is 9.47 Å². The van der Waals surface area contributed by atoms with Gasteiger partial charge in [0.2, 0.25) is 0 Å². The molecule has 2 aromatic carbocycles. The summed E-state index contributed by atoms with van der Waals surface area (Å²) in [7, 11) is 5.38. The summed E-state index contributed by atoms with van der Waals surface area (Å²) in [4.78, 5) is 18.4. The third kappa shape index (κ3) is 3.36. The minimum atomic E-state index is -0.369. The van der Waals surface area contributed by atoms with Crippen LogP contribution in [0.25, 0.3) is 10.8 Å². The topological polar surface area (TPSA) is 51.1 Å². The molecule has 0 heterocycles. The molecule has 0 atom stereocenters. The molecule has 5 heteroatoms. The van der Waals surface area contributed by atoms with Gasteiger partial charge in [-0.2, -0.15) is 0 Å². The number of hydrogen-bond donors (Lipinski definition) is 0. The Labute approximate surface area is 130 Å². The van der Waals surface area contributed by atoms with Gasteiger partial charge in [-0.25, -0.2) is 9.79 Å². The zero-order valence-corrected chi connectivity index (χ0v) is 13.3. The second-order valence-electron chi connectivity index (χ2n) is 4.98. The Bertz CT molecular complexity index is 708. The van der Waals surface area contributed by atoms with Gasteiger partial charge in [0.1, 0.15) is 5.75 Å². The number of rotatable bonds is 5. The fourth-order valence-corrected chi connectivity index (χ4v) is 2.10. The first kappa shape index (κ1) is 15.8.